The lowest BCUT2D eigenvalue weighted by Gasteiger charge is -2.24. The summed E-state index contributed by atoms with van der Waals surface area (Å²) in [5, 5.41) is 9.82. The number of hydrazone groups is 1. The van der Waals surface area contributed by atoms with Crippen molar-refractivity contribution in [2.75, 3.05) is 26.2 Å². The molecular weight excluding hydrogens is 174 g/mol. The van der Waals surface area contributed by atoms with Crippen molar-refractivity contribution in [3.63, 3.8) is 0 Å². The number of hydrogen-bond donors (Lipinski definition) is 1. The van der Waals surface area contributed by atoms with Crippen LogP contribution < -0.4 is 5.32 Å². The van der Waals surface area contributed by atoms with Crippen LogP contribution in [0, 0.1) is 0 Å². The Hall–Kier alpha value is -1.35. The van der Waals surface area contributed by atoms with Gasteiger partial charge in [0.2, 0.25) is 0 Å². The molecule has 74 valence electrons. The Balaban J connectivity index is 1.93. The highest BCUT2D eigenvalue weighted by Crippen LogP contribution is 1.97. The van der Waals surface area contributed by atoms with Crippen molar-refractivity contribution in [3.8, 4) is 0 Å². The molecule has 1 saturated heterocycles. The summed E-state index contributed by atoms with van der Waals surface area (Å²) in [4.78, 5) is 0. The largest absolute Gasteiger partial charge is 0.313 e. The van der Waals surface area contributed by atoms with Crippen molar-refractivity contribution in [1.82, 2.24) is 10.3 Å². The first kappa shape index (κ1) is 9.21. The molecule has 1 aliphatic rings. The Morgan fingerprint density at radius 1 is 1.14 bits per heavy atom. The maximum absolute atomic E-state index is 4.42. The fraction of sp³-hybridized carbons (Fsp3) is 0.364. The van der Waals surface area contributed by atoms with Gasteiger partial charge in [-0.1, -0.05) is 30.3 Å². The molecule has 2 rings (SSSR count). The molecule has 1 heterocycles. The van der Waals surface area contributed by atoms with Gasteiger partial charge in [0.25, 0.3) is 0 Å². The van der Waals surface area contributed by atoms with E-state index in [0.717, 1.165) is 31.7 Å². The minimum Gasteiger partial charge on any atom is -0.313 e. The van der Waals surface area contributed by atoms with E-state index in [4.69, 9.17) is 0 Å². The minimum absolute atomic E-state index is 1.00. The fourth-order valence-corrected chi connectivity index (χ4v) is 1.46. The maximum atomic E-state index is 4.42. The van der Waals surface area contributed by atoms with Crippen LogP contribution in [0.3, 0.4) is 0 Å². The van der Waals surface area contributed by atoms with Crippen LogP contribution in [0.2, 0.25) is 0 Å². The lowest BCUT2D eigenvalue weighted by atomic mass is 10.2. The summed E-state index contributed by atoms with van der Waals surface area (Å²) in [6.07, 6.45) is 1.92. The topological polar surface area (TPSA) is 27.6 Å². The van der Waals surface area contributed by atoms with E-state index in [1.54, 1.807) is 0 Å². The van der Waals surface area contributed by atoms with Crippen LogP contribution in [0.4, 0.5) is 0 Å². The summed E-state index contributed by atoms with van der Waals surface area (Å²) < 4.78 is 0. The first-order valence-corrected chi connectivity index (χ1v) is 5.00. The average molecular weight is 189 g/mol. The highest BCUT2D eigenvalue weighted by Gasteiger charge is 2.04. The molecule has 3 heteroatoms. The van der Waals surface area contributed by atoms with Crippen molar-refractivity contribution in [1.29, 1.82) is 0 Å². The molecule has 0 spiro atoms. The van der Waals surface area contributed by atoms with E-state index >= 15 is 0 Å². The summed E-state index contributed by atoms with van der Waals surface area (Å²) in [6, 6.07) is 10.2. The Morgan fingerprint density at radius 2 is 1.86 bits per heavy atom. The van der Waals surface area contributed by atoms with Crippen LogP contribution in [0.5, 0.6) is 0 Å². The van der Waals surface area contributed by atoms with E-state index in [1.165, 1.54) is 0 Å². The summed E-state index contributed by atoms with van der Waals surface area (Å²) in [7, 11) is 0. The van der Waals surface area contributed by atoms with Crippen LogP contribution in [0.25, 0.3) is 0 Å². The summed E-state index contributed by atoms with van der Waals surface area (Å²) in [6.45, 7) is 4.07. The van der Waals surface area contributed by atoms with Gasteiger partial charge >= 0.3 is 0 Å². The Kier molecular flexibility index (Phi) is 3.14. The van der Waals surface area contributed by atoms with Gasteiger partial charge in [0.15, 0.2) is 0 Å². The van der Waals surface area contributed by atoms with Gasteiger partial charge in [0.1, 0.15) is 0 Å². The molecule has 3 nitrogen and oxygen atoms in total. The van der Waals surface area contributed by atoms with Crippen molar-refractivity contribution in [3.05, 3.63) is 35.9 Å². The van der Waals surface area contributed by atoms with E-state index in [0.29, 0.717) is 0 Å². The second-order valence-corrected chi connectivity index (χ2v) is 3.36. The molecule has 0 atom stereocenters. The third kappa shape index (κ3) is 2.57. The third-order valence-corrected chi connectivity index (χ3v) is 2.26. The number of piperazine rings is 1. The van der Waals surface area contributed by atoms with Gasteiger partial charge in [-0.05, 0) is 5.56 Å². The van der Waals surface area contributed by atoms with Gasteiger partial charge in [-0.15, -0.1) is 0 Å². The van der Waals surface area contributed by atoms with E-state index < -0.39 is 0 Å². The highest BCUT2D eigenvalue weighted by molar-refractivity contribution is 5.79. The lowest BCUT2D eigenvalue weighted by molar-refractivity contribution is 0.253. The predicted octanol–water partition coefficient (Wildman–Crippen LogP) is 0.926. The van der Waals surface area contributed by atoms with Crippen LogP contribution in [-0.2, 0) is 0 Å². The van der Waals surface area contributed by atoms with E-state index in [1.807, 2.05) is 24.4 Å². The summed E-state index contributed by atoms with van der Waals surface area (Å²) in [5.74, 6) is 0. The molecule has 1 aromatic rings. The number of nitrogens with zero attached hydrogens (tertiary/aromatic N) is 2. The molecule has 0 bridgehead atoms. The molecular formula is C11H15N3. The fourth-order valence-electron chi connectivity index (χ4n) is 1.46. The predicted molar refractivity (Wildman–Crippen MR) is 58.5 cm³/mol. The molecule has 1 aliphatic heterocycles. The lowest BCUT2D eigenvalue weighted by Crippen LogP contribution is -2.40. The third-order valence-electron chi connectivity index (χ3n) is 2.26. The quantitative estimate of drug-likeness (QED) is 0.701. The first-order valence-electron chi connectivity index (χ1n) is 5.00. The van der Waals surface area contributed by atoms with Crippen LogP contribution in [0.1, 0.15) is 5.56 Å². The molecule has 0 saturated carbocycles. The molecule has 0 aliphatic carbocycles. The Bertz CT molecular complexity index is 289. The highest BCUT2D eigenvalue weighted by atomic mass is 15.5. The second kappa shape index (κ2) is 4.77. The maximum Gasteiger partial charge on any atom is 0.0542 e. The molecule has 0 amide bonds. The number of benzene rings is 1. The van der Waals surface area contributed by atoms with Crippen LogP contribution >= 0.6 is 0 Å². The zero-order chi connectivity index (χ0) is 9.64. The zero-order valence-electron chi connectivity index (χ0n) is 8.19. The molecule has 1 fully saturated rings. The smallest absolute Gasteiger partial charge is 0.0542 e. The molecule has 1 aromatic carbocycles. The average Bonchev–Trinajstić information content (AvgIpc) is 2.29. The minimum atomic E-state index is 1.00. The van der Waals surface area contributed by atoms with Gasteiger partial charge in [0.05, 0.1) is 6.21 Å². The number of nitrogens with one attached hydrogen (secondary N) is 1. The first-order chi connectivity index (χ1) is 6.95. The molecule has 0 unspecified atom stereocenters. The summed E-state index contributed by atoms with van der Waals surface area (Å²) in [5.41, 5.74) is 1.16. The molecule has 14 heavy (non-hydrogen) atoms. The van der Waals surface area contributed by atoms with E-state index in [-0.39, 0.29) is 0 Å². The zero-order valence-corrected chi connectivity index (χ0v) is 8.19. The van der Waals surface area contributed by atoms with Crippen molar-refractivity contribution >= 4 is 6.21 Å². The SMILES string of the molecule is C(=N/N1CCNCC1)/c1ccccc1. The van der Waals surface area contributed by atoms with Gasteiger partial charge in [-0.3, -0.25) is 5.01 Å². The van der Waals surface area contributed by atoms with E-state index in [2.05, 4.69) is 27.6 Å². The van der Waals surface area contributed by atoms with Crippen LogP contribution in [0.15, 0.2) is 35.4 Å². The van der Waals surface area contributed by atoms with E-state index in [9.17, 15) is 0 Å². The molecule has 0 aromatic heterocycles. The normalized spacial score (nSPS) is 17.6. The van der Waals surface area contributed by atoms with Crippen molar-refractivity contribution in [2.24, 2.45) is 5.10 Å². The molecule has 0 radical (unpaired) electrons. The van der Waals surface area contributed by atoms with Gasteiger partial charge in [0, 0.05) is 26.2 Å². The monoisotopic (exact) mass is 189 g/mol. The van der Waals surface area contributed by atoms with Crippen molar-refractivity contribution in [2.45, 2.75) is 0 Å². The summed E-state index contributed by atoms with van der Waals surface area (Å²) >= 11 is 0. The number of hydrogen-bond acceptors (Lipinski definition) is 3. The Morgan fingerprint density at radius 3 is 2.57 bits per heavy atom. The standard InChI is InChI=1S/C11H15N3/c1-2-4-11(5-3-1)10-13-14-8-6-12-7-9-14/h1-5,10,12H,6-9H2/b13-10-. The number of rotatable bonds is 2. The van der Waals surface area contributed by atoms with Gasteiger partial charge < -0.3 is 5.32 Å². The van der Waals surface area contributed by atoms with Gasteiger partial charge in [-0.2, -0.15) is 5.10 Å². The van der Waals surface area contributed by atoms with Crippen molar-refractivity contribution < 1.29 is 0 Å². The van der Waals surface area contributed by atoms with Gasteiger partial charge in [-0.25, -0.2) is 0 Å². The second-order valence-electron chi connectivity index (χ2n) is 3.36. The molecule has 1 N–H and O–H groups in total. The Labute approximate surface area is 84.4 Å². The van der Waals surface area contributed by atoms with Crippen LogP contribution in [-0.4, -0.2) is 37.4 Å².